The summed E-state index contributed by atoms with van der Waals surface area (Å²) in [6, 6.07) is 11.7. The van der Waals surface area contributed by atoms with E-state index in [1.807, 2.05) is 43.4 Å². The van der Waals surface area contributed by atoms with Crippen LogP contribution < -0.4 is 14.8 Å². The number of hydrogen-bond donors (Lipinski definition) is 1. The summed E-state index contributed by atoms with van der Waals surface area (Å²) in [6.07, 6.45) is 0.916. The van der Waals surface area contributed by atoms with Crippen LogP contribution in [0.5, 0.6) is 11.5 Å². The van der Waals surface area contributed by atoms with Crippen molar-refractivity contribution in [2.75, 3.05) is 19.0 Å². The van der Waals surface area contributed by atoms with Gasteiger partial charge in [-0.25, -0.2) is 0 Å². The van der Waals surface area contributed by atoms with Gasteiger partial charge in [0.2, 0.25) is 0 Å². The fourth-order valence-corrected chi connectivity index (χ4v) is 2.60. The molecule has 2 aromatic rings. The van der Waals surface area contributed by atoms with Crippen LogP contribution in [0.3, 0.4) is 0 Å². The van der Waals surface area contributed by atoms with Gasteiger partial charge in [-0.3, -0.25) is 0 Å². The van der Waals surface area contributed by atoms with E-state index in [9.17, 15) is 0 Å². The first kappa shape index (κ1) is 13.1. The number of benzene rings is 2. The first-order chi connectivity index (χ1) is 9.76. The Balaban J connectivity index is 1.75. The lowest BCUT2D eigenvalue weighted by Gasteiger charge is -2.11. The molecule has 0 atom stereocenters. The van der Waals surface area contributed by atoms with Gasteiger partial charge in [-0.1, -0.05) is 11.6 Å². The number of ether oxygens (including phenoxy) is 2. The largest absolute Gasteiger partial charge is 0.493 e. The molecule has 0 saturated heterocycles. The van der Waals surface area contributed by atoms with Gasteiger partial charge in [0.15, 0.2) is 0 Å². The van der Waals surface area contributed by atoms with E-state index in [4.69, 9.17) is 21.1 Å². The molecule has 0 bridgehead atoms. The average molecular weight is 290 g/mol. The first-order valence-corrected chi connectivity index (χ1v) is 6.99. The van der Waals surface area contributed by atoms with Crippen molar-refractivity contribution in [2.24, 2.45) is 0 Å². The molecule has 3 rings (SSSR count). The minimum absolute atomic E-state index is 0.460. The quantitative estimate of drug-likeness (QED) is 0.926. The van der Waals surface area contributed by atoms with Crippen LogP contribution in [0.25, 0.3) is 0 Å². The Morgan fingerprint density at radius 3 is 2.80 bits per heavy atom. The zero-order chi connectivity index (χ0) is 13.9. The fraction of sp³-hybridized carbons (Fsp3) is 0.250. The summed E-state index contributed by atoms with van der Waals surface area (Å²) in [6.45, 7) is 1.18. The maximum atomic E-state index is 6.13. The van der Waals surface area contributed by atoms with Crippen molar-refractivity contribution in [3.63, 3.8) is 0 Å². The highest BCUT2D eigenvalue weighted by atomic mass is 35.5. The Bertz CT molecular complexity index is 611. The summed E-state index contributed by atoms with van der Waals surface area (Å²) in [5, 5.41) is 3.81. The molecule has 0 amide bonds. The van der Waals surface area contributed by atoms with E-state index >= 15 is 0 Å². The smallest absolute Gasteiger partial charge is 0.129 e. The standard InChI is InChI=1S/C16H16ClNO2/c1-18-14-2-4-15(5-3-14)20-10-12-9-13(17)8-11-6-7-19-16(11)12/h2-5,8-9,18H,6-7,10H2,1H3. The third kappa shape index (κ3) is 2.68. The molecule has 3 nitrogen and oxygen atoms in total. The summed E-state index contributed by atoms with van der Waals surface area (Å²) in [7, 11) is 1.89. The number of anilines is 1. The van der Waals surface area contributed by atoms with Crippen LogP contribution in [0.2, 0.25) is 5.02 Å². The van der Waals surface area contributed by atoms with Crippen LogP contribution in [0.1, 0.15) is 11.1 Å². The summed E-state index contributed by atoms with van der Waals surface area (Å²) in [4.78, 5) is 0. The topological polar surface area (TPSA) is 30.5 Å². The van der Waals surface area contributed by atoms with E-state index in [-0.39, 0.29) is 0 Å². The number of halogens is 1. The molecule has 4 heteroatoms. The van der Waals surface area contributed by atoms with Gasteiger partial charge >= 0.3 is 0 Å². The zero-order valence-electron chi connectivity index (χ0n) is 11.3. The van der Waals surface area contributed by atoms with Crippen molar-refractivity contribution in [2.45, 2.75) is 13.0 Å². The molecule has 0 fully saturated rings. The number of hydrogen-bond acceptors (Lipinski definition) is 3. The highest BCUT2D eigenvalue weighted by Gasteiger charge is 2.17. The normalized spacial score (nSPS) is 12.7. The molecule has 1 aliphatic rings. The van der Waals surface area contributed by atoms with E-state index in [2.05, 4.69) is 5.32 Å². The summed E-state index contributed by atoms with van der Waals surface area (Å²) in [5.74, 6) is 1.76. The summed E-state index contributed by atoms with van der Waals surface area (Å²) >= 11 is 6.13. The Morgan fingerprint density at radius 1 is 1.25 bits per heavy atom. The van der Waals surface area contributed by atoms with Crippen LogP contribution in [0.15, 0.2) is 36.4 Å². The Labute approximate surface area is 123 Å². The molecular weight excluding hydrogens is 274 g/mol. The second kappa shape index (κ2) is 5.63. The van der Waals surface area contributed by atoms with Crippen LogP contribution in [-0.2, 0) is 13.0 Å². The Hall–Kier alpha value is -1.87. The van der Waals surface area contributed by atoms with Gasteiger partial charge in [0, 0.05) is 29.7 Å². The summed E-state index contributed by atoms with van der Waals surface area (Å²) in [5.41, 5.74) is 3.23. The van der Waals surface area contributed by atoms with Gasteiger partial charge in [0.05, 0.1) is 6.61 Å². The van der Waals surface area contributed by atoms with Crippen LogP contribution in [0, 0.1) is 0 Å². The molecule has 0 saturated carbocycles. The van der Waals surface area contributed by atoms with Crippen molar-refractivity contribution in [1.29, 1.82) is 0 Å². The van der Waals surface area contributed by atoms with E-state index in [0.717, 1.165) is 40.8 Å². The van der Waals surface area contributed by atoms with Crippen LogP contribution in [-0.4, -0.2) is 13.7 Å². The first-order valence-electron chi connectivity index (χ1n) is 6.61. The van der Waals surface area contributed by atoms with Gasteiger partial charge in [-0.05, 0) is 42.0 Å². The SMILES string of the molecule is CNc1ccc(OCc2cc(Cl)cc3c2OCC3)cc1. The van der Waals surface area contributed by atoms with Crippen molar-refractivity contribution in [3.8, 4) is 11.5 Å². The van der Waals surface area contributed by atoms with Gasteiger partial charge < -0.3 is 14.8 Å². The van der Waals surface area contributed by atoms with Crippen molar-refractivity contribution >= 4 is 17.3 Å². The number of nitrogens with one attached hydrogen (secondary N) is 1. The van der Waals surface area contributed by atoms with Crippen molar-refractivity contribution in [3.05, 3.63) is 52.5 Å². The predicted octanol–water partition coefficient (Wildman–Crippen LogP) is 3.90. The monoisotopic (exact) mass is 289 g/mol. The second-order valence-corrected chi connectivity index (χ2v) is 5.15. The molecule has 0 aromatic heterocycles. The van der Waals surface area contributed by atoms with E-state index < -0.39 is 0 Å². The zero-order valence-corrected chi connectivity index (χ0v) is 12.0. The summed E-state index contributed by atoms with van der Waals surface area (Å²) < 4.78 is 11.5. The third-order valence-corrected chi connectivity index (χ3v) is 3.58. The Kier molecular flexibility index (Phi) is 3.70. The van der Waals surface area contributed by atoms with Crippen molar-refractivity contribution in [1.82, 2.24) is 0 Å². The third-order valence-electron chi connectivity index (χ3n) is 3.36. The molecule has 1 aliphatic heterocycles. The van der Waals surface area contributed by atoms with Gasteiger partial charge in [-0.15, -0.1) is 0 Å². The molecule has 0 unspecified atom stereocenters. The maximum absolute atomic E-state index is 6.13. The lowest BCUT2D eigenvalue weighted by molar-refractivity contribution is 0.292. The molecule has 1 N–H and O–H groups in total. The van der Waals surface area contributed by atoms with Gasteiger partial charge in [0.25, 0.3) is 0 Å². The fourth-order valence-electron chi connectivity index (χ4n) is 2.33. The number of rotatable bonds is 4. The molecule has 0 aliphatic carbocycles. The average Bonchev–Trinajstić information content (AvgIpc) is 2.93. The van der Waals surface area contributed by atoms with Crippen LogP contribution >= 0.6 is 11.6 Å². The van der Waals surface area contributed by atoms with E-state index in [1.54, 1.807) is 0 Å². The minimum Gasteiger partial charge on any atom is -0.493 e. The van der Waals surface area contributed by atoms with Crippen LogP contribution in [0.4, 0.5) is 5.69 Å². The van der Waals surface area contributed by atoms with E-state index in [1.165, 1.54) is 5.56 Å². The van der Waals surface area contributed by atoms with Gasteiger partial charge in [-0.2, -0.15) is 0 Å². The lowest BCUT2D eigenvalue weighted by Crippen LogP contribution is -1.99. The molecule has 0 spiro atoms. The maximum Gasteiger partial charge on any atom is 0.129 e. The molecule has 2 aromatic carbocycles. The number of fused-ring (bicyclic) bond motifs is 1. The molecule has 0 radical (unpaired) electrons. The molecular formula is C16H16ClNO2. The Morgan fingerprint density at radius 2 is 2.05 bits per heavy atom. The van der Waals surface area contributed by atoms with Gasteiger partial charge in [0.1, 0.15) is 18.1 Å². The van der Waals surface area contributed by atoms with Crippen molar-refractivity contribution < 1.29 is 9.47 Å². The molecule has 104 valence electrons. The van der Waals surface area contributed by atoms with E-state index in [0.29, 0.717) is 6.61 Å². The second-order valence-electron chi connectivity index (χ2n) is 4.71. The highest BCUT2D eigenvalue weighted by molar-refractivity contribution is 6.30. The lowest BCUT2D eigenvalue weighted by atomic mass is 10.1. The molecule has 20 heavy (non-hydrogen) atoms. The minimum atomic E-state index is 0.460. The predicted molar refractivity (Wildman–Crippen MR) is 81.0 cm³/mol. The highest BCUT2D eigenvalue weighted by Crippen LogP contribution is 2.33. The molecule has 1 heterocycles.